The molecule has 0 aliphatic rings. The fourth-order valence-electron chi connectivity index (χ4n) is 2.29. The summed E-state index contributed by atoms with van der Waals surface area (Å²) in [6.07, 6.45) is 0.964. The van der Waals surface area contributed by atoms with Crippen molar-refractivity contribution in [3.63, 3.8) is 0 Å². The average Bonchev–Trinajstić information content (AvgIpc) is 2.67. The molecular weight excluding hydrogens is 380 g/mol. The van der Waals surface area contributed by atoms with Gasteiger partial charge in [-0.05, 0) is 61.4 Å². The number of carbonyl (C=O) groups excluding carboxylic acids is 3. The number of aliphatic carboxylic acids is 1. The largest absolute Gasteiger partial charge is 0.481 e. The number of hydrogen-bond acceptors (Lipinski definition) is 7. The summed E-state index contributed by atoms with van der Waals surface area (Å²) >= 11 is 0. The number of carbonyl (C=O) groups is 4. The summed E-state index contributed by atoms with van der Waals surface area (Å²) in [7, 11) is 0. The third-order valence-electron chi connectivity index (χ3n) is 3.64. The van der Waals surface area contributed by atoms with Gasteiger partial charge < -0.3 is 19.3 Å². The van der Waals surface area contributed by atoms with Gasteiger partial charge in [0, 0.05) is 19.8 Å². The molecular formula is C21H20O8. The van der Waals surface area contributed by atoms with Crippen molar-refractivity contribution in [2.24, 2.45) is 0 Å². The molecule has 0 aromatic heterocycles. The molecule has 0 fully saturated rings. The Hall–Kier alpha value is -3.68. The number of esters is 3. The monoisotopic (exact) mass is 400 g/mol. The molecule has 0 atom stereocenters. The number of rotatable bonds is 9. The maximum absolute atomic E-state index is 12.1. The van der Waals surface area contributed by atoms with Crippen molar-refractivity contribution >= 4 is 23.9 Å². The molecule has 0 radical (unpaired) electrons. The van der Waals surface area contributed by atoms with Crippen LogP contribution >= 0.6 is 0 Å². The van der Waals surface area contributed by atoms with E-state index in [0.717, 1.165) is 0 Å². The Labute approximate surface area is 167 Å². The summed E-state index contributed by atoms with van der Waals surface area (Å²) in [5, 5.41) is 8.55. The molecule has 0 unspecified atom stereocenters. The highest BCUT2D eigenvalue weighted by Gasteiger charge is 2.11. The first kappa shape index (κ1) is 21.6. The number of unbranched alkanes of at least 4 members (excludes halogenated alkanes) is 1. The fourth-order valence-corrected chi connectivity index (χ4v) is 2.29. The number of ether oxygens (including phenoxy) is 3. The molecule has 152 valence electrons. The SMILES string of the molecule is CC(=O)Oc1ccc(C(=O)Oc2ccc(OC(=O)CCCCC(=O)O)cc2)cc1. The van der Waals surface area contributed by atoms with E-state index < -0.39 is 23.9 Å². The zero-order chi connectivity index (χ0) is 21.2. The van der Waals surface area contributed by atoms with Crippen molar-refractivity contribution in [2.45, 2.75) is 32.6 Å². The summed E-state index contributed by atoms with van der Waals surface area (Å²) in [6, 6.07) is 11.9. The van der Waals surface area contributed by atoms with Crippen molar-refractivity contribution in [3.8, 4) is 17.2 Å². The second-order valence-electron chi connectivity index (χ2n) is 6.05. The lowest BCUT2D eigenvalue weighted by molar-refractivity contribution is -0.138. The second-order valence-corrected chi connectivity index (χ2v) is 6.05. The van der Waals surface area contributed by atoms with Gasteiger partial charge in [-0.2, -0.15) is 0 Å². The van der Waals surface area contributed by atoms with Gasteiger partial charge in [-0.15, -0.1) is 0 Å². The predicted octanol–water partition coefficient (Wildman–Crippen LogP) is 3.38. The van der Waals surface area contributed by atoms with E-state index >= 15 is 0 Å². The Balaban J connectivity index is 1.83. The van der Waals surface area contributed by atoms with Gasteiger partial charge in [-0.25, -0.2) is 4.79 Å². The maximum atomic E-state index is 12.1. The zero-order valence-electron chi connectivity index (χ0n) is 15.8. The highest BCUT2D eigenvalue weighted by atomic mass is 16.5. The minimum atomic E-state index is -0.899. The molecule has 0 amide bonds. The van der Waals surface area contributed by atoms with Crippen LogP contribution in [0, 0.1) is 0 Å². The van der Waals surface area contributed by atoms with E-state index in [9.17, 15) is 19.2 Å². The Kier molecular flexibility index (Phi) is 7.90. The first-order valence-corrected chi connectivity index (χ1v) is 8.86. The third kappa shape index (κ3) is 7.84. The quantitative estimate of drug-likeness (QED) is 0.387. The van der Waals surface area contributed by atoms with Crippen LogP contribution < -0.4 is 14.2 Å². The van der Waals surface area contributed by atoms with Crippen LogP contribution in [-0.4, -0.2) is 29.0 Å². The van der Waals surface area contributed by atoms with E-state index in [-0.39, 0.29) is 24.2 Å². The molecule has 2 aromatic carbocycles. The lowest BCUT2D eigenvalue weighted by Crippen LogP contribution is -2.09. The van der Waals surface area contributed by atoms with E-state index in [2.05, 4.69) is 0 Å². The van der Waals surface area contributed by atoms with Crippen LogP contribution in [0.5, 0.6) is 17.2 Å². The van der Waals surface area contributed by atoms with Gasteiger partial charge in [0.2, 0.25) is 0 Å². The summed E-state index contributed by atoms with van der Waals surface area (Å²) in [4.78, 5) is 45.2. The summed E-state index contributed by atoms with van der Waals surface area (Å²) in [6.45, 7) is 1.28. The van der Waals surface area contributed by atoms with Crippen LogP contribution in [0.4, 0.5) is 0 Å². The van der Waals surface area contributed by atoms with Gasteiger partial charge in [0.1, 0.15) is 17.2 Å². The van der Waals surface area contributed by atoms with Crippen molar-refractivity contribution in [2.75, 3.05) is 0 Å². The minimum absolute atomic E-state index is 0.0137. The van der Waals surface area contributed by atoms with Gasteiger partial charge in [-0.3, -0.25) is 14.4 Å². The highest BCUT2D eigenvalue weighted by Crippen LogP contribution is 2.20. The molecule has 2 aromatic rings. The Bertz CT molecular complexity index is 869. The molecule has 0 bridgehead atoms. The summed E-state index contributed by atoms with van der Waals surface area (Å²) in [5.41, 5.74) is 0.276. The molecule has 2 rings (SSSR count). The van der Waals surface area contributed by atoms with E-state index in [4.69, 9.17) is 19.3 Å². The number of hydrogen-bond donors (Lipinski definition) is 1. The normalized spacial score (nSPS) is 10.1. The molecule has 0 aliphatic carbocycles. The van der Waals surface area contributed by atoms with Crippen LogP contribution in [0.1, 0.15) is 43.0 Å². The first-order chi connectivity index (χ1) is 13.8. The predicted molar refractivity (Wildman–Crippen MR) is 101 cm³/mol. The smallest absolute Gasteiger partial charge is 0.343 e. The van der Waals surface area contributed by atoms with E-state index in [1.807, 2.05) is 0 Å². The third-order valence-corrected chi connectivity index (χ3v) is 3.64. The Morgan fingerprint density at radius 1 is 0.724 bits per heavy atom. The molecule has 0 saturated heterocycles. The van der Waals surface area contributed by atoms with Crippen LogP contribution in [0.2, 0.25) is 0 Å². The topological polar surface area (TPSA) is 116 Å². The maximum Gasteiger partial charge on any atom is 0.343 e. The van der Waals surface area contributed by atoms with Crippen molar-refractivity contribution in [1.29, 1.82) is 0 Å². The molecule has 0 aliphatic heterocycles. The highest BCUT2D eigenvalue weighted by molar-refractivity contribution is 5.91. The minimum Gasteiger partial charge on any atom is -0.481 e. The van der Waals surface area contributed by atoms with Crippen molar-refractivity contribution < 1.29 is 38.5 Å². The van der Waals surface area contributed by atoms with Crippen LogP contribution in [0.3, 0.4) is 0 Å². The van der Waals surface area contributed by atoms with E-state index in [1.54, 1.807) is 0 Å². The fraction of sp³-hybridized carbons (Fsp3) is 0.238. The first-order valence-electron chi connectivity index (χ1n) is 8.86. The summed E-state index contributed by atoms with van der Waals surface area (Å²) < 4.78 is 15.3. The van der Waals surface area contributed by atoms with Crippen molar-refractivity contribution in [1.82, 2.24) is 0 Å². The van der Waals surface area contributed by atoms with Gasteiger partial charge >= 0.3 is 23.9 Å². The lowest BCUT2D eigenvalue weighted by Gasteiger charge is -2.07. The molecule has 29 heavy (non-hydrogen) atoms. The van der Waals surface area contributed by atoms with Gasteiger partial charge in [0.25, 0.3) is 0 Å². The molecule has 0 heterocycles. The molecule has 0 spiro atoms. The van der Waals surface area contributed by atoms with Crippen LogP contribution in [-0.2, 0) is 14.4 Å². The number of benzene rings is 2. The Morgan fingerprint density at radius 3 is 1.76 bits per heavy atom. The number of carboxylic acid groups (broad SMARTS) is 1. The van der Waals surface area contributed by atoms with Gasteiger partial charge in [0.05, 0.1) is 5.56 Å². The second kappa shape index (κ2) is 10.6. The molecule has 8 nitrogen and oxygen atoms in total. The molecule has 0 saturated carbocycles. The standard InChI is InChI=1S/C21H20O8/c1-14(22)27-16-8-6-15(7-9-16)21(26)29-18-12-10-17(11-13-18)28-20(25)5-3-2-4-19(23)24/h6-13H,2-5H2,1H3,(H,23,24). The average molecular weight is 400 g/mol. The van der Waals surface area contributed by atoms with Gasteiger partial charge in [0.15, 0.2) is 0 Å². The molecule has 8 heteroatoms. The van der Waals surface area contributed by atoms with Gasteiger partial charge in [-0.1, -0.05) is 0 Å². The lowest BCUT2D eigenvalue weighted by atomic mass is 10.2. The summed E-state index contributed by atoms with van der Waals surface area (Å²) in [5.74, 6) is -1.54. The van der Waals surface area contributed by atoms with Crippen LogP contribution in [0.15, 0.2) is 48.5 Å². The van der Waals surface area contributed by atoms with Crippen molar-refractivity contribution in [3.05, 3.63) is 54.1 Å². The molecule has 1 N–H and O–H groups in total. The van der Waals surface area contributed by atoms with Crippen LogP contribution in [0.25, 0.3) is 0 Å². The Morgan fingerprint density at radius 2 is 1.21 bits per heavy atom. The van der Waals surface area contributed by atoms with E-state index in [0.29, 0.717) is 24.3 Å². The zero-order valence-corrected chi connectivity index (χ0v) is 15.8. The number of carboxylic acids is 1. The van der Waals surface area contributed by atoms with E-state index in [1.165, 1.54) is 55.5 Å².